The van der Waals surface area contributed by atoms with E-state index in [2.05, 4.69) is 0 Å². The van der Waals surface area contributed by atoms with E-state index in [1.165, 1.54) is 30.3 Å². The van der Waals surface area contributed by atoms with Gasteiger partial charge < -0.3 is 4.57 Å². The lowest BCUT2D eigenvalue weighted by Gasteiger charge is -2.06. The van der Waals surface area contributed by atoms with Crippen LogP contribution in [0.3, 0.4) is 0 Å². The lowest BCUT2D eigenvalue weighted by atomic mass is 10.0. The highest BCUT2D eigenvalue weighted by atomic mass is 32.2. The molecule has 0 bridgehead atoms. The van der Waals surface area contributed by atoms with E-state index in [0.29, 0.717) is 22.0 Å². The maximum absolute atomic E-state index is 14.5. The van der Waals surface area contributed by atoms with Crippen molar-refractivity contribution in [2.45, 2.75) is 6.43 Å². The molecule has 142 valence electrons. The first-order valence-corrected chi connectivity index (χ1v) is 9.65. The number of alkyl halides is 2. The van der Waals surface area contributed by atoms with Gasteiger partial charge in [-0.25, -0.2) is 26.3 Å². The highest BCUT2D eigenvalue weighted by molar-refractivity contribution is 7.89. The van der Waals surface area contributed by atoms with Crippen molar-refractivity contribution in [1.82, 2.24) is 9.29 Å². The van der Waals surface area contributed by atoms with Crippen molar-refractivity contribution in [3.8, 4) is 11.1 Å². The van der Waals surface area contributed by atoms with Gasteiger partial charge in [0.15, 0.2) is 0 Å². The Kier molecular flexibility index (Phi) is 4.73. The fraction of sp³-hybridized carbons (Fsp3) is 0.167. The molecule has 0 radical (unpaired) electrons. The lowest BCUT2D eigenvalue weighted by molar-refractivity contribution is 0.0978. The summed E-state index contributed by atoms with van der Waals surface area (Å²) in [6.45, 7) is 0. The van der Waals surface area contributed by atoms with Crippen molar-refractivity contribution in [2.75, 3.05) is 6.26 Å². The number of rotatable bonds is 4. The highest BCUT2D eigenvalue weighted by Crippen LogP contribution is 2.33. The summed E-state index contributed by atoms with van der Waals surface area (Å²) in [5.74, 6) is -1.96. The third kappa shape index (κ3) is 3.82. The molecule has 0 aliphatic rings. The number of fused-ring (bicyclic) bond motifs is 1. The molecular formula is C18H15F3N2O3S. The fourth-order valence-corrected chi connectivity index (χ4v) is 3.28. The standard InChI is InChI=1S/C18H15F3N2O3S/c1-23-9-14(10-3-5-11(6-4-10)17(20)21)12-7-15(19)13(8-16(12)23)18(24)22-27(2,25)26/h3-9,17H,1-2H3,(H,22,24). The average molecular weight is 396 g/mol. The molecule has 1 aromatic heterocycles. The number of amides is 1. The molecule has 27 heavy (non-hydrogen) atoms. The summed E-state index contributed by atoms with van der Waals surface area (Å²) in [7, 11) is -2.16. The first-order chi connectivity index (χ1) is 12.6. The summed E-state index contributed by atoms with van der Waals surface area (Å²) in [5.41, 5.74) is 1.17. The van der Waals surface area contributed by atoms with E-state index in [1.807, 2.05) is 0 Å². The van der Waals surface area contributed by atoms with E-state index >= 15 is 0 Å². The van der Waals surface area contributed by atoms with Crippen LogP contribution in [-0.2, 0) is 17.1 Å². The number of hydrogen-bond donors (Lipinski definition) is 1. The van der Waals surface area contributed by atoms with Crippen molar-refractivity contribution >= 4 is 26.8 Å². The Bertz CT molecular complexity index is 1140. The van der Waals surface area contributed by atoms with Crippen LogP contribution in [0.15, 0.2) is 42.6 Å². The second-order valence-electron chi connectivity index (χ2n) is 6.13. The van der Waals surface area contributed by atoms with E-state index in [0.717, 1.165) is 12.3 Å². The van der Waals surface area contributed by atoms with E-state index in [4.69, 9.17) is 0 Å². The summed E-state index contributed by atoms with van der Waals surface area (Å²) in [5, 5.41) is 0.468. The van der Waals surface area contributed by atoms with Gasteiger partial charge in [0.25, 0.3) is 12.3 Å². The van der Waals surface area contributed by atoms with E-state index in [1.54, 1.807) is 22.5 Å². The van der Waals surface area contributed by atoms with Gasteiger partial charge in [-0.1, -0.05) is 24.3 Å². The molecular weight excluding hydrogens is 381 g/mol. The maximum Gasteiger partial charge on any atom is 0.267 e. The van der Waals surface area contributed by atoms with Gasteiger partial charge in [-0.05, 0) is 17.7 Å². The molecule has 1 amide bonds. The molecule has 0 fully saturated rings. The fourth-order valence-electron chi connectivity index (χ4n) is 2.84. The topological polar surface area (TPSA) is 68.2 Å². The van der Waals surface area contributed by atoms with Crippen LogP contribution in [0.4, 0.5) is 13.2 Å². The number of aryl methyl sites for hydroxylation is 1. The largest absolute Gasteiger partial charge is 0.350 e. The minimum Gasteiger partial charge on any atom is -0.350 e. The first kappa shape index (κ1) is 19.0. The number of carbonyl (C=O) groups is 1. The van der Waals surface area contributed by atoms with Gasteiger partial charge >= 0.3 is 0 Å². The zero-order valence-corrected chi connectivity index (χ0v) is 15.1. The van der Waals surface area contributed by atoms with Crippen molar-refractivity contribution in [3.05, 3.63) is 59.5 Å². The summed E-state index contributed by atoms with van der Waals surface area (Å²) in [6, 6.07) is 7.99. The molecule has 3 rings (SSSR count). The molecule has 0 aliphatic carbocycles. The van der Waals surface area contributed by atoms with Crippen molar-refractivity contribution in [2.24, 2.45) is 7.05 Å². The number of nitrogens with zero attached hydrogens (tertiary/aromatic N) is 1. The first-order valence-electron chi connectivity index (χ1n) is 7.76. The van der Waals surface area contributed by atoms with Crippen molar-refractivity contribution in [3.63, 3.8) is 0 Å². The second kappa shape index (κ2) is 6.73. The molecule has 5 nitrogen and oxygen atoms in total. The minimum atomic E-state index is -3.83. The molecule has 9 heteroatoms. The normalized spacial score (nSPS) is 11.9. The van der Waals surface area contributed by atoms with Gasteiger partial charge in [-0.15, -0.1) is 0 Å². The van der Waals surface area contributed by atoms with Crippen LogP contribution in [0.25, 0.3) is 22.0 Å². The van der Waals surface area contributed by atoms with Crippen molar-refractivity contribution < 1.29 is 26.4 Å². The summed E-state index contributed by atoms with van der Waals surface area (Å²) >= 11 is 0. The molecule has 2 aromatic carbocycles. The molecule has 1 heterocycles. The Morgan fingerprint density at radius 2 is 1.78 bits per heavy atom. The molecule has 0 unspecified atom stereocenters. The molecule has 1 N–H and O–H groups in total. The Balaban J connectivity index is 2.10. The molecule has 3 aromatic rings. The molecule has 0 saturated carbocycles. The average Bonchev–Trinajstić information content (AvgIpc) is 2.88. The Morgan fingerprint density at radius 3 is 2.33 bits per heavy atom. The number of nitrogens with one attached hydrogen (secondary N) is 1. The molecule has 0 atom stereocenters. The Labute approximate surface area is 153 Å². The SMILES string of the molecule is Cn1cc(-c2ccc(C(F)F)cc2)c2cc(F)c(C(=O)NS(C)(=O)=O)cc21. The quantitative estimate of drug-likeness (QED) is 0.733. The monoisotopic (exact) mass is 396 g/mol. The molecule has 0 saturated heterocycles. The second-order valence-corrected chi connectivity index (χ2v) is 7.88. The Hall–Kier alpha value is -2.81. The van der Waals surface area contributed by atoms with Crippen LogP contribution >= 0.6 is 0 Å². The number of halogens is 3. The van der Waals surface area contributed by atoms with E-state index in [9.17, 15) is 26.4 Å². The van der Waals surface area contributed by atoms with Crippen LogP contribution in [0.2, 0.25) is 0 Å². The van der Waals surface area contributed by atoms with Crippen LogP contribution < -0.4 is 4.72 Å². The third-order valence-corrected chi connectivity index (χ3v) is 4.63. The number of benzene rings is 2. The predicted octanol–water partition coefficient (Wildman–Crippen LogP) is 3.61. The number of sulfonamides is 1. The van der Waals surface area contributed by atoms with Gasteiger partial charge in [0.05, 0.1) is 11.8 Å². The van der Waals surface area contributed by atoms with Gasteiger partial charge in [0, 0.05) is 35.3 Å². The smallest absolute Gasteiger partial charge is 0.267 e. The van der Waals surface area contributed by atoms with Gasteiger partial charge in [0.2, 0.25) is 10.0 Å². The molecule has 0 spiro atoms. The van der Waals surface area contributed by atoms with Crippen LogP contribution in [-0.4, -0.2) is 25.1 Å². The van der Waals surface area contributed by atoms with Crippen LogP contribution in [0.5, 0.6) is 0 Å². The van der Waals surface area contributed by atoms with Crippen molar-refractivity contribution in [1.29, 1.82) is 0 Å². The highest BCUT2D eigenvalue weighted by Gasteiger charge is 2.19. The number of hydrogen-bond acceptors (Lipinski definition) is 3. The summed E-state index contributed by atoms with van der Waals surface area (Å²) < 4.78 is 65.7. The summed E-state index contributed by atoms with van der Waals surface area (Å²) in [6.07, 6.45) is -0.106. The predicted molar refractivity (Wildman–Crippen MR) is 95.6 cm³/mol. The van der Waals surface area contributed by atoms with Gasteiger partial charge in [0.1, 0.15) is 5.82 Å². The minimum absolute atomic E-state index is 0.120. The van der Waals surface area contributed by atoms with Crippen LogP contribution in [0.1, 0.15) is 22.3 Å². The van der Waals surface area contributed by atoms with E-state index < -0.39 is 33.7 Å². The van der Waals surface area contributed by atoms with Gasteiger partial charge in [-0.3, -0.25) is 4.79 Å². The molecule has 0 aliphatic heterocycles. The Morgan fingerprint density at radius 1 is 1.15 bits per heavy atom. The zero-order valence-electron chi connectivity index (χ0n) is 14.3. The maximum atomic E-state index is 14.5. The van der Waals surface area contributed by atoms with E-state index in [-0.39, 0.29) is 5.56 Å². The van der Waals surface area contributed by atoms with Crippen LogP contribution in [0, 0.1) is 5.82 Å². The summed E-state index contributed by atoms with van der Waals surface area (Å²) in [4.78, 5) is 12.0. The number of carbonyl (C=O) groups excluding carboxylic acids is 1. The number of aromatic nitrogens is 1. The lowest BCUT2D eigenvalue weighted by Crippen LogP contribution is -2.30. The third-order valence-electron chi connectivity index (χ3n) is 4.07. The van der Waals surface area contributed by atoms with Gasteiger partial charge in [-0.2, -0.15) is 0 Å². The zero-order chi connectivity index (χ0) is 19.9.